The van der Waals surface area contributed by atoms with E-state index in [9.17, 15) is 13.2 Å². The van der Waals surface area contributed by atoms with Gasteiger partial charge in [0.15, 0.2) is 5.78 Å². The van der Waals surface area contributed by atoms with Gasteiger partial charge in [-0.15, -0.1) is 0 Å². The van der Waals surface area contributed by atoms with E-state index < -0.39 is 15.6 Å². The number of ether oxygens (including phenoxy) is 1. The van der Waals surface area contributed by atoms with Gasteiger partial charge in [-0.3, -0.25) is 14.4 Å². The Kier molecular flexibility index (Phi) is 5.65. The summed E-state index contributed by atoms with van der Waals surface area (Å²) in [5, 5.41) is 9.15. The smallest absolute Gasteiger partial charge is 0.229 e. The summed E-state index contributed by atoms with van der Waals surface area (Å²) in [4.78, 5) is 15.8. The van der Waals surface area contributed by atoms with Crippen molar-refractivity contribution in [2.45, 2.75) is 50.7 Å². The molecular weight excluding hydrogens is 450 g/mol. The number of aryl methyl sites for hydroxylation is 1. The zero-order valence-corrected chi connectivity index (χ0v) is 20.3. The number of fused-ring (bicyclic) bond motifs is 2. The van der Waals surface area contributed by atoms with Crippen LogP contribution in [0.2, 0.25) is 0 Å². The number of rotatable bonds is 3. The van der Waals surface area contributed by atoms with E-state index in [1.165, 1.54) is 11.1 Å². The Bertz CT molecular complexity index is 1290. The van der Waals surface area contributed by atoms with Crippen LogP contribution < -0.4 is 9.46 Å². The number of piperidine rings is 1. The molecule has 7 nitrogen and oxygen atoms in total. The Labute approximate surface area is 200 Å². The van der Waals surface area contributed by atoms with Crippen LogP contribution in [0.25, 0.3) is 0 Å². The van der Waals surface area contributed by atoms with Crippen molar-refractivity contribution in [2.75, 3.05) is 24.1 Å². The van der Waals surface area contributed by atoms with E-state index in [-0.39, 0.29) is 11.7 Å². The fourth-order valence-corrected chi connectivity index (χ4v) is 6.34. The van der Waals surface area contributed by atoms with Gasteiger partial charge in [-0.1, -0.05) is 13.0 Å². The Morgan fingerprint density at radius 3 is 2.62 bits per heavy atom. The third-order valence-corrected chi connectivity index (χ3v) is 8.35. The zero-order chi connectivity index (χ0) is 24.1. The van der Waals surface area contributed by atoms with E-state index in [1.807, 2.05) is 19.1 Å². The van der Waals surface area contributed by atoms with Crippen LogP contribution in [0, 0.1) is 17.2 Å². The van der Waals surface area contributed by atoms with Crippen LogP contribution in [0.3, 0.4) is 0 Å². The lowest BCUT2D eigenvalue weighted by Crippen LogP contribution is -2.57. The molecule has 0 radical (unpaired) electrons. The van der Waals surface area contributed by atoms with Crippen molar-refractivity contribution < 1.29 is 17.9 Å². The van der Waals surface area contributed by atoms with Crippen molar-refractivity contribution in [3.8, 4) is 11.8 Å². The van der Waals surface area contributed by atoms with Gasteiger partial charge in [0.25, 0.3) is 0 Å². The number of sulfonamides is 1. The van der Waals surface area contributed by atoms with Crippen molar-refractivity contribution in [3.63, 3.8) is 0 Å². The Hall–Kier alpha value is -2.89. The zero-order valence-electron chi connectivity index (χ0n) is 19.5. The molecule has 2 aromatic carbocycles. The summed E-state index contributed by atoms with van der Waals surface area (Å²) in [6.45, 7) is 3.68. The summed E-state index contributed by atoms with van der Waals surface area (Å²) in [5.41, 5.74) is 3.64. The first-order chi connectivity index (χ1) is 16.2. The lowest BCUT2D eigenvalue weighted by molar-refractivity contribution is -0.0475. The van der Waals surface area contributed by atoms with Gasteiger partial charge in [0.1, 0.15) is 11.4 Å². The first kappa shape index (κ1) is 22.9. The molecule has 0 aromatic heterocycles. The number of nitrogens with zero attached hydrogens (tertiary/aromatic N) is 2. The predicted molar refractivity (Wildman–Crippen MR) is 130 cm³/mol. The van der Waals surface area contributed by atoms with Crippen LogP contribution in [0.15, 0.2) is 36.4 Å². The van der Waals surface area contributed by atoms with Crippen molar-refractivity contribution in [2.24, 2.45) is 5.92 Å². The normalized spacial score (nSPS) is 24.0. The first-order valence-electron chi connectivity index (χ1n) is 11.8. The molecule has 2 heterocycles. The number of nitriles is 1. The fraction of sp³-hybridized carbons (Fsp3) is 0.462. The van der Waals surface area contributed by atoms with Gasteiger partial charge < -0.3 is 4.74 Å². The molecule has 5 rings (SSSR count). The van der Waals surface area contributed by atoms with Crippen LogP contribution in [-0.4, -0.2) is 50.1 Å². The van der Waals surface area contributed by atoms with E-state index in [0.29, 0.717) is 23.0 Å². The number of anilines is 1. The number of ketones is 1. The molecule has 1 saturated heterocycles. The Balaban J connectivity index is 1.29. The Morgan fingerprint density at radius 1 is 1.15 bits per heavy atom. The van der Waals surface area contributed by atoms with E-state index >= 15 is 0 Å². The average Bonchev–Trinajstić information content (AvgIpc) is 2.82. The quantitative estimate of drug-likeness (QED) is 0.723. The Morgan fingerprint density at radius 2 is 1.91 bits per heavy atom. The van der Waals surface area contributed by atoms with Gasteiger partial charge in [0.05, 0.1) is 29.4 Å². The largest absolute Gasteiger partial charge is 0.486 e. The van der Waals surface area contributed by atoms with Crippen molar-refractivity contribution in [1.82, 2.24) is 4.90 Å². The minimum atomic E-state index is -3.42. The minimum absolute atomic E-state index is 0.00624. The number of Topliss-reactive ketones (excluding diaryl/α,β-unsaturated/α-hetero) is 1. The molecule has 1 unspecified atom stereocenters. The van der Waals surface area contributed by atoms with Gasteiger partial charge in [-0.2, -0.15) is 5.26 Å². The molecule has 0 bridgehead atoms. The number of nitrogens with one attached hydrogen (secondary N) is 1. The van der Waals surface area contributed by atoms with Crippen LogP contribution in [0.5, 0.6) is 5.75 Å². The van der Waals surface area contributed by atoms with Crippen molar-refractivity contribution in [1.29, 1.82) is 5.26 Å². The summed E-state index contributed by atoms with van der Waals surface area (Å²) in [6, 6.07) is 13.6. The molecule has 1 spiro atoms. The minimum Gasteiger partial charge on any atom is -0.486 e. The highest BCUT2D eigenvalue weighted by molar-refractivity contribution is 7.92. The second-order valence-electron chi connectivity index (χ2n) is 9.87. The summed E-state index contributed by atoms with van der Waals surface area (Å²) < 4.78 is 32.1. The predicted octanol–water partition coefficient (Wildman–Crippen LogP) is 3.53. The van der Waals surface area contributed by atoms with Gasteiger partial charge >= 0.3 is 0 Å². The highest BCUT2D eigenvalue weighted by Gasteiger charge is 2.49. The SMILES string of the molecule is CC1C(=O)c2cc(NS(C)(=O)=O)ccc2OC12CCN([C@H]1CCc3cc(C#N)ccc3C1)CC2. The number of hydrogen-bond donors (Lipinski definition) is 1. The van der Waals surface area contributed by atoms with Crippen LogP contribution in [0.1, 0.15) is 53.2 Å². The molecular formula is C26H29N3O4S. The molecule has 8 heteroatoms. The number of carbonyl (C=O) groups is 1. The molecule has 2 atom stereocenters. The number of carbonyl (C=O) groups excluding carboxylic acids is 1. The molecule has 1 aliphatic carbocycles. The molecule has 2 aromatic rings. The van der Waals surface area contributed by atoms with E-state index in [4.69, 9.17) is 10.00 Å². The van der Waals surface area contributed by atoms with Gasteiger partial charge in [0, 0.05) is 37.7 Å². The van der Waals surface area contributed by atoms with Crippen molar-refractivity contribution >= 4 is 21.5 Å². The second-order valence-corrected chi connectivity index (χ2v) is 11.6. The second kappa shape index (κ2) is 8.40. The summed E-state index contributed by atoms with van der Waals surface area (Å²) >= 11 is 0. The van der Waals surface area contributed by atoms with Crippen molar-refractivity contribution in [3.05, 3.63) is 58.7 Å². The van der Waals surface area contributed by atoms with E-state index in [1.54, 1.807) is 18.2 Å². The molecule has 34 heavy (non-hydrogen) atoms. The standard InChI is InChI=1S/C26H29N3O4S/c1-17-25(30)23-15-21(28-34(2,31)32)6-8-24(23)33-26(17)9-11-29(12-10-26)22-7-5-19-13-18(16-27)3-4-20(19)14-22/h3-4,6,8,13,15,17,22,28H,5,7,9-12,14H2,1-2H3/t17?,22-/m0/s1. The molecule has 1 N–H and O–H groups in total. The maximum absolute atomic E-state index is 13.3. The fourth-order valence-electron chi connectivity index (χ4n) is 5.79. The molecule has 1 fully saturated rings. The van der Waals surface area contributed by atoms with Gasteiger partial charge in [-0.05, 0) is 60.7 Å². The molecule has 2 aliphatic heterocycles. The van der Waals surface area contributed by atoms with E-state index in [2.05, 4.69) is 21.8 Å². The number of likely N-dealkylation sites (tertiary alicyclic amines) is 1. The number of benzene rings is 2. The topological polar surface area (TPSA) is 99.5 Å². The average molecular weight is 480 g/mol. The molecule has 3 aliphatic rings. The van der Waals surface area contributed by atoms with Crippen LogP contribution in [0.4, 0.5) is 5.69 Å². The van der Waals surface area contributed by atoms with Crippen LogP contribution in [-0.2, 0) is 22.9 Å². The molecule has 0 saturated carbocycles. The highest BCUT2D eigenvalue weighted by Crippen LogP contribution is 2.44. The maximum Gasteiger partial charge on any atom is 0.229 e. The van der Waals surface area contributed by atoms with Gasteiger partial charge in [0.2, 0.25) is 10.0 Å². The third-order valence-electron chi connectivity index (χ3n) is 7.74. The lowest BCUT2D eigenvalue weighted by Gasteiger charge is -2.49. The van der Waals surface area contributed by atoms with Crippen LogP contribution >= 0.6 is 0 Å². The van der Waals surface area contributed by atoms with E-state index in [0.717, 1.165) is 57.0 Å². The molecule has 0 amide bonds. The number of hydrogen-bond acceptors (Lipinski definition) is 6. The maximum atomic E-state index is 13.3. The lowest BCUT2D eigenvalue weighted by atomic mass is 9.74. The van der Waals surface area contributed by atoms with Gasteiger partial charge in [-0.25, -0.2) is 8.42 Å². The summed E-state index contributed by atoms with van der Waals surface area (Å²) in [6.07, 6.45) is 5.69. The highest BCUT2D eigenvalue weighted by atomic mass is 32.2. The summed E-state index contributed by atoms with van der Waals surface area (Å²) in [5.74, 6) is 0.245. The third kappa shape index (κ3) is 4.19. The first-order valence-corrected chi connectivity index (χ1v) is 13.7. The summed E-state index contributed by atoms with van der Waals surface area (Å²) in [7, 11) is -3.42. The molecule has 178 valence electrons. The monoisotopic (exact) mass is 479 g/mol.